The van der Waals surface area contributed by atoms with Crippen LogP contribution in [0, 0.1) is 0 Å². The van der Waals surface area contributed by atoms with E-state index in [1.54, 1.807) is 0 Å². The van der Waals surface area contributed by atoms with Crippen LogP contribution < -0.4 is 0 Å². The van der Waals surface area contributed by atoms with Crippen molar-refractivity contribution in [1.82, 2.24) is 0 Å². The predicted molar refractivity (Wildman–Crippen MR) is 399 cm³/mol. The van der Waals surface area contributed by atoms with E-state index in [2.05, 4.69) is 137 Å². The number of hydrogen-bond acceptors (Lipinski definition) is 15. The molecule has 0 amide bonds. The van der Waals surface area contributed by atoms with Crippen LogP contribution in [0.15, 0.2) is 122 Å². The average Bonchev–Trinajstić information content (AvgIpc) is 0.969. The normalized spacial score (nSPS) is 14.6. The molecule has 98 heavy (non-hydrogen) atoms. The largest absolute Gasteiger partial charge is 0.472 e. The molecule has 0 bridgehead atoms. The Balaban J connectivity index is 5.41. The highest BCUT2D eigenvalue weighted by Gasteiger charge is 2.30. The van der Waals surface area contributed by atoms with Crippen LogP contribution in [0.4, 0.5) is 0 Å². The summed E-state index contributed by atoms with van der Waals surface area (Å²) < 4.78 is 68.3. The van der Waals surface area contributed by atoms with Crippen LogP contribution in [0.2, 0.25) is 0 Å². The molecule has 19 heteroatoms. The Morgan fingerprint density at radius 3 is 0.908 bits per heavy atom. The minimum absolute atomic E-state index is 0.0636. The van der Waals surface area contributed by atoms with E-state index < -0.39 is 97.5 Å². The van der Waals surface area contributed by atoms with E-state index in [0.717, 1.165) is 173 Å². The number of aliphatic hydroxyl groups excluding tert-OH is 1. The van der Waals surface area contributed by atoms with Crippen LogP contribution in [-0.2, 0) is 65.4 Å². The number of unbranched alkanes of at least 4 members (excludes halogenated alkanes) is 24. The van der Waals surface area contributed by atoms with E-state index in [-0.39, 0.29) is 25.7 Å². The molecule has 0 saturated heterocycles. The Hall–Kier alpha value is -4.54. The third kappa shape index (κ3) is 69.9. The molecule has 0 saturated carbocycles. The highest BCUT2D eigenvalue weighted by Crippen LogP contribution is 2.45. The summed E-state index contributed by atoms with van der Waals surface area (Å²) in [4.78, 5) is 72.8. The zero-order valence-electron chi connectivity index (χ0n) is 61.2. The highest BCUT2D eigenvalue weighted by atomic mass is 31.2. The number of esters is 4. The summed E-state index contributed by atoms with van der Waals surface area (Å²) in [6, 6.07) is 0. The van der Waals surface area contributed by atoms with Gasteiger partial charge in [0.1, 0.15) is 19.3 Å². The lowest BCUT2D eigenvalue weighted by Crippen LogP contribution is -2.30. The van der Waals surface area contributed by atoms with Crippen molar-refractivity contribution in [2.45, 2.75) is 316 Å². The monoisotopic (exact) mass is 1420 g/mol. The zero-order valence-corrected chi connectivity index (χ0v) is 63.0. The summed E-state index contributed by atoms with van der Waals surface area (Å²) in [5.74, 6) is -2.28. The van der Waals surface area contributed by atoms with Gasteiger partial charge in [-0.25, -0.2) is 9.13 Å². The molecule has 0 heterocycles. The van der Waals surface area contributed by atoms with Crippen molar-refractivity contribution in [3.8, 4) is 0 Å². The number of phosphoric ester groups is 2. The van der Waals surface area contributed by atoms with E-state index in [4.69, 9.17) is 37.0 Å². The number of allylic oxidation sites excluding steroid dienone is 20. The van der Waals surface area contributed by atoms with Crippen LogP contribution >= 0.6 is 15.6 Å². The maximum absolute atomic E-state index is 13.1. The van der Waals surface area contributed by atoms with Crippen molar-refractivity contribution in [2.75, 3.05) is 39.6 Å². The van der Waals surface area contributed by atoms with Gasteiger partial charge in [0, 0.05) is 25.7 Å². The van der Waals surface area contributed by atoms with E-state index in [9.17, 15) is 43.2 Å². The second kappa shape index (κ2) is 70.9. The van der Waals surface area contributed by atoms with Gasteiger partial charge in [0.15, 0.2) is 12.2 Å². The molecule has 562 valence electrons. The Kier molecular flexibility index (Phi) is 67.6. The van der Waals surface area contributed by atoms with Crippen molar-refractivity contribution < 1.29 is 80.2 Å². The van der Waals surface area contributed by atoms with Crippen molar-refractivity contribution in [3.05, 3.63) is 122 Å². The smallest absolute Gasteiger partial charge is 0.462 e. The number of carbonyl (C=O) groups excluding carboxylic acids is 4. The first-order valence-corrected chi connectivity index (χ1v) is 40.8. The van der Waals surface area contributed by atoms with Gasteiger partial charge in [0.25, 0.3) is 0 Å². The molecule has 0 aromatic rings. The van der Waals surface area contributed by atoms with Gasteiger partial charge < -0.3 is 33.8 Å². The van der Waals surface area contributed by atoms with Crippen LogP contribution in [0.25, 0.3) is 0 Å². The van der Waals surface area contributed by atoms with Gasteiger partial charge in [0.2, 0.25) is 0 Å². The van der Waals surface area contributed by atoms with Gasteiger partial charge in [-0.3, -0.25) is 37.3 Å². The Bertz CT molecular complexity index is 2340. The van der Waals surface area contributed by atoms with E-state index in [1.165, 1.54) is 38.5 Å². The van der Waals surface area contributed by atoms with E-state index >= 15 is 0 Å². The van der Waals surface area contributed by atoms with Gasteiger partial charge in [0.05, 0.1) is 26.4 Å². The first-order chi connectivity index (χ1) is 47.7. The molecule has 0 aliphatic carbocycles. The second-order valence-corrected chi connectivity index (χ2v) is 27.8. The molecule has 0 aromatic carbocycles. The number of ether oxygens (including phenoxy) is 4. The fourth-order valence-corrected chi connectivity index (χ4v) is 11.2. The molecular weight excluding hydrogens is 1280 g/mol. The van der Waals surface area contributed by atoms with Crippen LogP contribution in [0.5, 0.6) is 0 Å². The number of rotatable bonds is 70. The SMILES string of the molecule is CC/C=C\C/C=C\C/C=C\C/C=C\C/C=C\CCCC(=O)OCC(COP(=O)(O)OCC(O)COP(=O)(O)OCC(COC(=O)CCCCCCC/C=C\CCCCCCCC)OC(=O)CCCCCCC/C=C\C/C=C\CCC)OC(=O)CCCCCCC/C=C\C/C=C\CCC. The third-order valence-corrected chi connectivity index (χ3v) is 17.2. The molecule has 5 unspecified atom stereocenters. The fraction of sp³-hybridized carbons (Fsp3) is 0.696. The molecular formula is C79H134O17P2. The summed E-state index contributed by atoms with van der Waals surface area (Å²) in [6.07, 6.45) is 76.3. The van der Waals surface area contributed by atoms with Gasteiger partial charge >= 0.3 is 39.5 Å². The Labute approximate surface area is 593 Å². The first kappa shape index (κ1) is 93.5. The topological polar surface area (TPSA) is 237 Å². The Morgan fingerprint density at radius 1 is 0.296 bits per heavy atom. The van der Waals surface area contributed by atoms with Crippen molar-refractivity contribution in [3.63, 3.8) is 0 Å². The maximum atomic E-state index is 13.1. The van der Waals surface area contributed by atoms with Gasteiger partial charge in [-0.1, -0.05) is 252 Å². The van der Waals surface area contributed by atoms with Gasteiger partial charge in [-0.15, -0.1) is 0 Å². The van der Waals surface area contributed by atoms with Crippen LogP contribution in [-0.4, -0.2) is 96.7 Å². The van der Waals surface area contributed by atoms with Crippen molar-refractivity contribution in [2.24, 2.45) is 0 Å². The molecule has 0 aromatic heterocycles. The lowest BCUT2D eigenvalue weighted by atomic mass is 10.1. The second-order valence-electron chi connectivity index (χ2n) is 24.8. The molecule has 3 N–H and O–H groups in total. The summed E-state index contributed by atoms with van der Waals surface area (Å²) in [6.45, 7) is 4.51. The first-order valence-electron chi connectivity index (χ1n) is 37.8. The van der Waals surface area contributed by atoms with Crippen molar-refractivity contribution >= 4 is 39.5 Å². The summed E-state index contributed by atoms with van der Waals surface area (Å²) in [5.41, 5.74) is 0. The van der Waals surface area contributed by atoms with Gasteiger partial charge in [-0.05, 0) is 141 Å². The van der Waals surface area contributed by atoms with Crippen LogP contribution in [0.1, 0.15) is 297 Å². The molecule has 0 spiro atoms. The number of phosphoric acid groups is 2. The fourth-order valence-electron chi connectivity index (χ4n) is 9.62. The maximum Gasteiger partial charge on any atom is 0.472 e. The summed E-state index contributed by atoms with van der Waals surface area (Å²) in [7, 11) is -9.97. The van der Waals surface area contributed by atoms with E-state index in [1.807, 2.05) is 12.2 Å². The minimum Gasteiger partial charge on any atom is -0.462 e. The minimum atomic E-state index is -4.99. The van der Waals surface area contributed by atoms with Crippen molar-refractivity contribution in [1.29, 1.82) is 0 Å². The standard InChI is InChI=1S/C79H134O17P2/c1-5-9-13-17-21-25-29-33-35-36-38-42-44-48-52-56-60-64-77(82)90-70-75(96-79(84)66-62-58-54-50-46-40-32-28-24-20-16-12-8-4)72-94-98(87,88)92-68-73(80)67-91-97(85,86)93-71-74(95-78(83)65-61-57-53-49-45-39-31-27-23-19-15-11-7-3)69-89-76(81)63-59-55-51-47-43-41-37-34-30-26-22-18-14-10-6-2/h9,13,15-16,19-21,25,27-28,31-35,37-38,42,48,52,73-75,80H,5-8,10-12,14,17-18,22-24,26,29-30,36,39-41,43-47,49-51,53-72H2,1-4H3,(H,85,86)(H,87,88)/b13-9-,19-15-,20-16-,25-21-,31-27-,32-28-,35-33-,37-34-,42-38-,52-48-. The quantitative estimate of drug-likeness (QED) is 0.0169. The molecule has 0 aliphatic rings. The lowest BCUT2D eigenvalue weighted by molar-refractivity contribution is -0.161. The molecule has 5 atom stereocenters. The highest BCUT2D eigenvalue weighted by molar-refractivity contribution is 7.47. The zero-order chi connectivity index (χ0) is 71.8. The predicted octanol–water partition coefficient (Wildman–Crippen LogP) is 21.6. The van der Waals surface area contributed by atoms with Gasteiger partial charge in [-0.2, -0.15) is 0 Å². The number of hydrogen-bond donors (Lipinski definition) is 3. The molecule has 0 fully saturated rings. The molecule has 0 aliphatic heterocycles. The average molecular weight is 1420 g/mol. The Morgan fingerprint density at radius 2 is 0.561 bits per heavy atom. The third-order valence-electron chi connectivity index (χ3n) is 15.3. The number of aliphatic hydroxyl groups is 1. The molecule has 17 nitrogen and oxygen atoms in total. The van der Waals surface area contributed by atoms with Crippen LogP contribution in [0.3, 0.4) is 0 Å². The number of carbonyl (C=O) groups is 4. The van der Waals surface area contributed by atoms with E-state index in [0.29, 0.717) is 32.1 Å². The molecule has 0 radical (unpaired) electrons. The summed E-state index contributed by atoms with van der Waals surface area (Å²) >= 11 is 0. The molecule has 0 rings (SSSR count). The lowest BCUT2D eigenvalue weighted by Gasteiger charge is -2.21. The summed E-state index contributed by atoms with van der Waals surface area (Å²) in [5, 5.41) is 10.6.